The first kappa shape index (κ1) is 19.0. The molecule has 0 radical (unpaired) electrons. The minimum Gasteiger partial charge on any atom is -0.452 e. The quantitative estimate of drug-likeness (QED) is 0.503. The van der Waals surface area contributed by atoms with Crippen molar-refractivity contribution in [1.82, 2.24) is 0 Å². The van der Waals surface area contributed by atoms with Crippen molar-refractivity contribution in [2.75, 3.05) is 18.6 Å². The van der Waals surface area contributed by atoms with E-state index in [-0.39, 0.29) is 6.61 Å². The molecule has 0 spiro atoms. The van der Waals surface area contributed by atoms with E-state index in [1.165, 1.54) is 7.11 Å². The van der Waals surface area contributed by atoms with Crippen LogP contribution in [-0.4, -0.2) is 25.5 Å². The number of carbonyl (C=O) groups is 1. The van der Waals surface area contributed by atoms with E-state index in [0.717, 1.165) is 27.0 Å². The first-order valence-electron chi connectivity index (χ1n) is 7.92. The molecule has 2 aromatic carbocycles. The molecule has 5 nitrogen and oxygen atoms in total. The summed E-state index contributed by atoms with van der Waals surface area (Å²) in [6, 6.07) is 15.4. The zero-order valence-corrected chi connectivity index (χ0v) is 16.1. The van der Waals surface area contributed by atoms with Gasteiger partial charge in [0.05, 0.1) is 18.5 Å². The molecule has 0 unspecified atom stereocenters. The number of oxime groups is 1. The van der Waals surface area contributed by atoms with Gasteiger partial charge in [0.25, 0.3) is 0 Å². The third-order valence-corrected chi connectivity index (χ3v) is 4.21. The molecule has 0 aliphatic rings. The second-order valence-electron chi connectivity index (χ2n) is 5.30. The van der Waals surface area contributed by atoms with Gasteiger partial charge in [-0.3, -0.25) is 4.90 Å². The highest BCUT2D eigenvalue weighted by molar-refractivity contribution is 9.10. The number of amides is 1. The number of halogens is 1. The highest BCUT2D eigenvalue weighted by Crippen LogP contribution is 2.22. The van der Waals surface area contributed by atoms with Crippen molar-refractivity contribution in [3.63, 3.8) is 0 Å². The van der Waals surface area contributed by atoms with Gasteiger partial charge < -0.3 is 9.57 Å². The van der Waals surface area contributed by atoms with Crippen LogP contribution in [-0.2, 0) is 16.2 Å². The van der Waals surface area contributed by atoms with Crippen molar-refractivity contribution in [1.29, 1.82) is 0 Å². The fraction of sp³-hybridized carbons (Fsp3) is 0.263. The smallest absolute Gasteiger partial charge is 0.413 e. The van der Waals surface area contributed by atoms with E-state index in [4.69, 9.17) is 9.57 Å². The summed E-state index contributed by atoms with van der Waals surface area (Å²) in [5.41, 5.74) is 3.39. The lowest BCUT2D eigenvalue weighted by Gasteiger charge is -2.21. The Kier molecular flexibility index (Phi) is 7.01. The summed E-state index contributed by atoms with van der Waals surface area (Å²) in [6.07, 6.45) is -0.399. The summed E-state index contributed by atoms with van der Waals surface area (Å²) in [5, 5.41) is 4.18. The summed E-state index contributed by atoms with van der Waals surface area (Å²) in [5.74, 6) is 0. The van der Waals surface area contributed by atoms with Crippen molar-refractivity contribution >= 4 is 33.4 Å². The van der Waals surface area contributed by atoms with E-state index in [1.807, 2.05) is 62.4 Å². The Labute approximate surface area is 156 Å². The average Bonchev–Trinajstić information content (AvgIpc) is 2.63. The molecule has 0 atom stereocenters. The van der Waals surface area contributed by atoms with E-state index in [0.29, 0.717) is 6.54 Å². The third-order valence-electron chi connectivity index (χ3n) is 3.68. The first-order chi connectivity index (χ1) is 12.1. The van der Waals surface area contributed by atoms with Crippen LogP contribution in [0.4, 0.5) is 10.5 Å². The number of anilines is 1. The fourth-order valence-electron chi connectivity index (χ4n) is 2.35. The second-order valence-corrected chi connectivity index (χ2v) is 6.22. The highest BCUT2D eigenvalue weighted by Gasteiger charge is 2.17. The molecule has 2 aromatic rings. The molecule has 0 aliphatic carbocycles. The number of benzene rings is 2. The molecule has 0 saturated heterocycles. The topological polar surface area (TPSA) is 51.1 Å². The molecule has 2 rings (SSSR count). The number of carbonyl (C=O) groups excluding carboxylic acids is 1. The van der Waals surface area contributed by atoms with Crippen molar-refractivity contribution in [3.05, 3.63) is 64.1 Å². The third kappa shape index (κ3) is 5.06. The van der Waals surface area contributed by atoms with Gasteiger partial charge in [-0.05, 0) is 37.6 Å². The maximum absolute atomic E-state index is 11.9. The Hall–Kier alpha value is -2.34. The Balaban J connectivity index is 2.12. The van der Waals surface area contributed by atoms with Crippen LogP contribution in [0.1, 0.15) is 25.0 Å². The SMILES string of the molecule is CCN(C(=O)OC)c1ccccc1CON=C(C)c1ccc(Br)cc1. The molecular weight excluding hydrogens is 384 g/mol. The Morgan fingerprint density at radius 3 is 2.48 bits per heavy atom. The van der Waals surface area contributed by atoms with E-state index in [1.54, 1.807) is 4.90 Å². The van der Waals surface area contributed by atoms with E-state index in [2.05, 4.69) is 21.1 Å². The summed E-state index contributed by atoms with van der Waals surface area (Å²) in [7, 11) is 1.37. The molecule has 0 heterocycles. The van der Waals surface area contributed by atoms with Crippen LogP contribution in [0.25, 0.3) is 0 Å². The first-order valence-corrected chi connectivity index (χ1v) is 8.72. The molecule has 0 aromatic heterocycles. The highest BCUT2D eigenvalue weighted by atomic mass is 79.9. The molecule has 0 N–H and O–H groups in total. The zero-order chi connectivity index (χ0) is 18.2. The molecule has 0 saturated carbocycles. The maximum atomic E-state index is 11.9. The number of nitrogens with zero attached hydrogens (tertiary/aromatic N) is 2. The minimum absolute atomic E-state index is 0.261. The van der Waals surface area contributed by atoms with Gasteiger partial charge in [0, 0.05) is 16.6 Å². The van der Waals surface area contributed by atoms with Gasteiger partial charge >= 0.3 is 6.09 Å². The van der Waals surface area contributed by atoms with Gasteiger partial charge in [-0.15, -0.1) is 0 Å². The van der Waals surface area contributed by atoms with Crippen LogP contribution in [0.5, 0.6) is 0 Å². The van der Waals surface area contributed by atoms with Crippen LogP contribution < -0.4 is 4.90 Å². The van der Waals surface area contributed by atoms with Crippen molar-refractivity contribution in [2.45, 2.75) is 20.5 Å². The zero-order valence-electron chi connectivity index (χ0n) is 14.5. The Morgan fingerprint density at radius 2 is 1.84 bits per heavy atom. The molecule has 0 fully saturated rings. The number of para-hydroxylation sites is 1. The second kappa shape index (κ2) is 9.22. The van der Waals surface area contributed by atoms with Crippen LogP contribution in [0.15, 0.2) is 58.2 Å². The molecule has 25 heavy (non-hydrogen) atoms. The molecule has 6 heteroatoms. The van der Waals surface area contributed by atoms with E-state index < -0.39 is 6.09 Å². The monoisotopic (exact) mass is 404 g/mol. The summed E-state index contributed by atoms with van der Waals surface area (Å²) >= 11 is 3.41. The van der Waals surface area contributed by atoms with Gasteiger partial charge in [0.2, 0.25) is 0 Å². The van der Waals surface area contributed by atoms with E-state index >= 15 is 0 Å². The van der Waals surface area contributed by atoms with Crippen molar-refractivity contribution < 1.29 is 14.4 Å². The van der Waals surface area contributed by atoms with Crippen molar-refractivity contribution in [3.8, 4) is 0 Å². The van der Waals surface area contributed by atoms with Gasteiger partial charge in [-0.2, -0.15) is 0 Å². The van der Waals surface area contributed by atoms with Crippen LogP contribution in [0.3, 0.4) is 0 Å². The largest absolute Gasteiger partial charge is 0.452 e. The maximum Gasteiger partial charge on any atom is 0.413 e. The molecule has 0 bridgehead atoms. The van der Waals surface area contributed by atoms with Crippen LogP contribution in [0, 0.1) is 0 Å². The predicted molar refractivity (Wildman–Crippen MR) is 103 cm³/mol. The van der Waals surface area contributed by atoms with Crippen LogP contribution in [0.2, 0.25) is 0 Å². The molecule has 132 valence electrons. The van der Waals surface area contributed by atoms with E-state index in [9.17, 15) is 4.79 Å². The van der Waals surface area contributed by atoms with Gasteiger partial charge in [-0.25, -0.2) is 4.79 Å². The summed E-state index contributed by atoms with van der Waals surface area (Å²) in [6.45, 7) is 4.55. The minimum atomic E-state index is -0.399. The van der Waals surface area contributed by atoms with Gasteiger partial charge in [0.1, 0.15) is 6.61 Å². The number of rotatable bonds is 6. The van der Waals surface area contributed by atoms with Gasteiger partial charge in [-0.1, -0.05) is 51.4 Å². The van der Waals surface area contributed by atoms with Crippen LogP contribution >= 0.6 is 15.9 Å². The Bertz CT molecular complexity index is 745. The molecular formula is C19H21BrN2O3. The number of ether oxygens (including phenoxy) is 1. The number of hydrogen-bond acceptors (Lipinski definition) is 4. The lowest BCUT2D eigenvalue weighted by Crippen LogP contribution is -2.31. The van der Waals surface area contributed by atoms with Crippen molar-refractivity contribution in [2.24, 2.45) is 5.16 Å². The predicted octanol–water partition coefficient (Wildman–Crippen LogP) is 4.98. The average molecular weight is 405 g/mol. The number of methoxy groups -OCH3 is 1. The summed E-state index contributed by atoms with van der Waals surface area (Å²) < 4.78 is 5.85. The lowest BCUT2D eigenvalue weighted by atomic mass is 10.1. The molecule has 1 amide bonds. The number of hydrogen-bond donors (Lipinski definition) is 0. The lowest BCUT2D eigenvalue weighted by molar-refractivity contribution is 0.130. The normalized spacial score (nSPS) is 11.1. The summed E-state index contributed by atoms with van der Waals surface area (Å²) in [4.78, 5) is 19.0. The Morgan fingerprint density at radius 1 is 1.16 bits per heavy atom. The standard InChI is InChI=1S/C19H21BrN2O3/c1-4-22(19(23)24-3)18-8-6-5-7-16(18)13-25-21-14(2)15-9-11-17(20)12-10-15/h5-12H,4,13H2,1-3H3. The van der Waals surface area contributed by atoms with Gasteiger partial charge in [0.15, 0.2) is 0 Å². The fourth-order valence-corrected chi connectivity index (χ4v) is 2.61. The molecule has 0 aliphatic heterocycles.